The van der Waals surface area contributed by atoms with Crippen LogP contribution in [0.2, 0.25) is 0 Å². The quantitative estimate of drug-likeness (QED) is 0.543. The molecule has 0 unspecified atom stereocenters. The molecule has 0 saturated carbocycles. The zero-order valence-corrected chi connectivity index (χ0v) is 12.6. The molecule has 2 aromatic heterocycles. The molecule has 4 heteroatoms. The van der Waals surface area contributed by atoms with Crippen LogP contribution in [0.5, 0.6) is 5.75 Å². The van der Waals surface area contributed by atoms with E-state index in [-0.39, 0.29) is 0 Å². The van der Waals surface area contributed by atoms with Crippen LogP contribution in [0.15, 0.2) is 48.7 Å². The van der Waals surface area contributed by atoms with E-state index in [1.807, 2.05) is 18.2 Å². The van der Waals surface area contributed by atoms with Gasteiger partial charge in [-0.1, -0.05) is 35.6 Å². The zero-order valence-electron chi connectivity index (χ0n) is 11.8. The molecule has 4 rings (SSSR count). The van der Waals surface area contributed by atoms with Gasteiger partial charge in [0.25, 0.3) is 0 Å². The molecule has 0 aliphatic heterocycles. The lowest BCUT2D eigenvalue weighted by Gasteiger charge is -2.01. The number of methoxy groups -OCH3 is 1. The Bertz CT molecular complexity index is 952. The van der Waals surface area contributed by atoms with Crippen molar-refractivity contribution in [3.05, 3.63) is 54.2 Å². The van der Waals surface area contributed by atoms with Crippen molar-refractivity contribution >= 4 is 26.5 Å². The van der Waals surface area contributed by atoms with Crippen molar-refractivity contribution in [2.45, 2.75) is 6.92 Å². The summed E-state index contributed by atoms with van der Waals surface area (Å²) in [7, 11) is 1.68. The van der Waals surface area contributed by atoms with Gasteiger partial charge in [0.15, 0.2) is 4.96 Å². The number of imidazole rings is 1. The van der Waals surface area contributed by atoms with Gasteiger partial charge in [0.1, 0.15) is 5.75 Å². The van der Waals surface area contributed by atoms with E-state index in [2.05, 4.69) is 41.8 Å². The molecule has 0 aliphatic rings. The molecule has 3 nitrogen and oxygen atoms in total. The first-order chi connectivity index (χ1) is 10.3. The number of aromatic nitrogens is 2. The average molecular weight is 294 g/mol. The summed E-state index contributed by atoms with van der Waals surface area (Å²) in [6.07, 6.45) is 2.11. The Morgan fingerprint density at radius 1 is 1.14 bits per heavy atom. The van der Waals surface area contributed by atoms with Gasteiger partial charge < -0.3 is 4.74 Å². The minimum absolute atomic E-state index is 0.852. The number of fused-ring (bicyclic) bond motifs is 3. The van der Waals surface area contributed by atoms with Crippen LogP contribution in [0.1, 0.15) is 5.56 Å². The van der Waals surface area contributed by atoms with E-state index in [4.69, 9.17) is 9.72 Å². The average Bonchev–Trinajstić information content (AvgIpc) is 3.05. The third kappa shape index (κ3) is 1.91. The van der Waals surface area contributed by atoms with Gasteiger partial charge in [0.05, 0.1) is 23.0 Å². The maximum atomic E-state index is 5.29. The highest BCUT2D eigenvalue weighted by Crippen LogP contribution is 2.31. The molecule has 0 fully saturated rings. The second kappa shape index (κ2) is 4.60. The maximum Gasteiger partial charge on any atom is 0.195 e. The molecule has 0 radical (unpaired) electrons. The molecule has 0 bridgehead atoms. The number of benzene rings is 2. The Morgan fingerprint density at radius 2 is 2.00 bits per heavy atom. The number of para-hydroxylation sites is 1. The van der Waals surface area contributed by atoms with E-state index in [1.54, 1.807) is 18.4 Å². The lowest BCUT2D eigenvalue weighted by Crippen LogP contribution is -1.84. The minimum Gasteiger partial charge on any atom is -0.497 e. The highest BCUT2D eigenvalue weighted by atomic mass is 32.1. The first-order valence-electron chi connectivity index (χ1n) is 6.78. The fourth-order valence-corrected chi connectivity index (χ4v) is 3.72. The van der Waals surface area contributed by atoms with E-state index in [9.17, 15) is 0 Å². The molecular formula is C17H14N2OS. The highest BCUT2D eigenvalue weighted by molar-refractivity contribution is 7.23. The SMILES string of the molecule is COc1cccc(-c2cn3c(n2)sc2cccc(C)c23)c1. The van der Waals surface area contributed by atoms with Crippen molar-refractivity contribution in [2.24, 2.45) is 0 Å². The van der Waals surface area contributed by atoms with Gasteiger partial charge in [-0.2, -0.15) is 0 Å². The van der Waals surface area contributed by atoms with Crippen LogP contribution < -0.4 is 4.74 Å². The van der Waals surface area contributed by atoms with Crippen LogP contribution in [0.4, 0.5) is 0 Å². The number of ether oxygens (including phenoxy) is 1. The Morgan fingerprint density at radius 3 is 2.86 bits per heavy atom. The van der Waals surface area contributed by atoms with Gasteiger partial charge in [-0.15, -0.1) is 0 Å². The Kier molecular flexibility index (Phi) is 2.72. The fourth-order valence-electron chi connectivity index (χ4n) is 2.64. The first-order valence-corrected chi connectivity index (χ1v) is 7.59. The molecule has 0 atom stereocenters. The molecular weight excluding hydrogens is 280 g/mol. The third-order valence-electron chi connectivity index (χ3n) is 3.68. The van der Waals surface area contributed by atoms with E-state index in [0.717, 1.165) is 22.0 Å². The topological polar surface area (TPSA) is 26.5 Å². The molecule has 0 saturated heterocycles. The summed E-state index contributed by atoms with van der Waals surface area (Å²) < 4.78 is 8.75. The maximum absolute atomic E-state index is 5.29. The Labute approximate surface area is 126 Å². The fraction of sp³-hybridized carbons (Fsp3) is 0.118. The van der Waals surface area contributed by atoms with Crippen molar-refractivity contribution in [3.63, 3.8) is 0 Å². The van der Waals surface area contributed by atoms with Crippen LogP contribution in [0.3, 0.4) is 0 Å². The molecule has 0 spiro atoms. The lowest BCUT2D eigenvalue weighted by molar-refractivity contribution is 0.415. The summed E-state index contributed by atoms with van der Waals surface area (Å²) in [4.78, 5) is 5.79. The third-order valence-corrected chi connectivity index (χ3v) is 4.70. The summed E-state index contributed by atoms with van der Waals surface area (Å²) in [6, 6.07) is 14.4. The number of hydrogen-bond acceptors (Lipinski definition) is 3. The summed E-state index contributed by atoms with van der Waals surface area (Å²) in [5.74, 6) is 0.852. The second-order valence-corrected chi connectivity index (χ2v) is 6.04. The van der Waals surface area contributed by atoms with Crippen molar-refractivity contribution < 1.29 is 4.74 Å². The monoisotopic (exact) mass is 294 g/mol. The van der Waals surface area contributed by atoms with Gasteiger partial charge in [-0.05, 0) is 30.7 Å². The number of nitrogens with zero attached hydrogens (tertiary/aromatic N) is 2. The largest absolute Gasteiger partial charge is 0.497 e. The molecule has 4 aromatic rings. The van der Waals surface area contributed by atoms with Gasteiger partial charge in [-0.3, -0.25) is 4.40 Å². The Balaban J connectivity index is 1.95. The van der Waals surface area contributed by atoms with Crippen LogP contribution in [-0.2, 0) is 0 Å². The smallest absolute Gasteiger partial charge is 0.195 e. The van der Waals surface area contributed by atoms with Crippen molar-refractivity contribution in [3.8, 4) is 17.0 Å². The van der Waals surface area contributed by atoms with Gasteiger partial charge >= 0.3 is 0 Å². The number of aryl methyl sites for hydroxylation is 1. The van der Waals surface area contributed by atoms with Crippen LogP contribution in [-0.4, -0.2) is 16.5 Å². The number of hydrogen-bond donors (Lipinski definition) is 0. The van der Waals surface area contributed by atoms with Crippen LogP contribution >= 0.6 is 11.3 Å². The van der Waals surface area contributed by atoms with Gasteiger partial charge in [0.2, 0.25) is 0 Å². The van der Waals surface area contributed by atoms with Gasteiger partial charge in [0, 0.05) is 11.8 Å². The van der Waals surface area contributed by atoms with Gasteiger partial charge in [-0.25, -0.2) is 4.98 Å². The predicted molar refractivity (Wildman–Crippen MR) is 87.3 cm³/mol. The van der Waals surface area contributed by atoms with E-state index in [0.29, 0.717) is 0 Å². The Hall–Kier alpha value is -2.33. The van der Waals surface area contributed by atoms with Crippen molar-refractivity contribution in [2.75, 3.05) is 7.11 Å². The lowest BCUT2D eigenvalue weighted by atomic mass is 10.1. The van der Waals surface area contributed by atoms with E-state index in [1.165, 1.54) is 15.8 Å². The predicted octanol–water partition coefficient (Wildman–Crippen LogP) is 4.53. The number of thiazole rings is 1. The highest BCUT2D eigenvalue weighted by Gasteiger charge is 2.11. The molecule has 0 aliphatic carbocycles. The zero-order chi connectivity index (χ0) is 14.4. The minimum atomic E-state index is 0.852. The van der Waals surface area contributed by atoms with E-state index < -0.39 is 0 Å². The first kappa shape index (κ1) is 12.4. The number of rotatable bonds is 2. The second-order valence-electron chi connectivity index (χ2n) is 5.03. The standard InChI is InChI=1S/C17H14N2OS/c1-11-5-3-8-15-16(11)19-10-14(18-17(19)21-15)12-6-4-7-13(9-12)20-2/h3-10H,1-2H3. The summed E-state index contributed by atoms with van der Waals surface area (Å²) in [5.41, 5.74) is 4.57. The molecule has 0 amide bonds. The normalized spacial score (nSPS) is 11.3. The molecule has 2 heterocycles. The van der Waals surface area contributed by atoms with Crippen molar-refractivity contribution in [1.82, 2.24) is 9.38 Å². The summed E-state index contributed by atoms with van der Waals surface area (Å²) in [6.45, 7) is 2.14. The van der Waals surface area contributed by atoms with Crippen molar-refractivity contribution in [1.29, 1.82) is 0 Å². The molecule has 21 heavy (non-hydrogen) atoms. The van der Waals surface area contributed by atoms with E-state index >= 15 is 0 Å². The van der Waals surface area contributed by atoms with Crippen LogP contribution in [0.25, 0.3) is 26.4 Å². The molecule has 2 aromatic carbocycles. The molecule has 0 N–H and O–H groups in total. The summed E-state index contributed by atoms with van der Waals surface area (Å²) in [5, 5.41) is 0. The molecule has 104 valence electrons. The van der Waals surface area contributed by atoms with Crippen LogP contribution in [0, 0.1) is 6.92 Å². The summed E-state index contributed by atoms with van der Waals surface area (Å²) >= 11 is 1.72.